The summed E-state index contributed by atoms with van der Waals surface area (Å²) in [6.45, 7) is 1.61. The van der Waals surface area contributed by atoms with Crippen molar-refractivity contribution in [2.45, 2.75) is 38.2 Å². The molecular weight excluding hydrogens is 358 g/mol. The summed E-state index contributed by atoms with van der Waals surface area (Å²) >= 11 is 0. The van der Waals surface area contributed by atoms with Crippen LogP contribution in [0.4, 0.5) is 5.69 Å². The number of aromatic hydroxyl groups is 1. The lowest BCUT2D eigenvalue weighted by atomic mass is 9.82. The molecule has 0 radical (unpaired) electrons. The van der Waals surface area contributed by atoms with E-state index in [0.717, 1.165) is 36.8 Å². The standard InChI is InChI=1S/C22H23NO5/c1-2-28-20(25)13-23-18-10-6-5-9-16(18)22(27,21(23)26)17-11-14-7-3-4-8-15(14)12-19(17)24/h5-6,9-12,24,27H,2-4,7-8,13H2,1H3/t22-/m0/s1. The van der Waals surface area contributed by atoms with Crippen LogP contribution >= 0.6 is 0 Å². The summed E-state index contributed by atoms with van der Waals surface area (Å²) in [6.07, 6.45) is 3.82. The van der Waals surface area contributed by atoms with Gasteiger partial charge in [0, 0.05) is 11.1 Å². The van der Waals surface area contributed by atoms with Crippen molar-refractivity contribution in [3.05, 3.63) is 58.7 Å². The fourth-order valence-electron chi connectivity index (χ4n) is 4.25. The minimum absolute atomic E-state index is 0.107. The van der Waals surface area contributed by atoms with Gasteiger partial charge in [-0.25, -0.2) is 0 Å². The third-order valence-corrected chi connectivity index (χ3v) is 5.58. The Bertz CT molecular complexity index is 954. The number of hydrogen-bond donors (Lipinski definition) is 2. The second-order valence-corrected chi connectivity index (χ2v) is 7.27. The van der Waals surface area contributed by atoms with Crippen molar-refractivity contribution in [3.63, 3.8) is 0 Å². The summed E-state index contributed by atoms with van der Waals surface area (Å²) in [6, 6.07) is 10.2. The first-order valence-electron chi connectivity index (χ1n) is 9.61. The van der Waals surface area contributed by atoms with Crippen molar-refractivity contribution in [2.75, 3.05) is 18.1 Å². The van der Waals surface area contributed by atoms with Gasteiger partial charge in [0.2, 0.25) is 0 Å². The molecule has 0 aromatic heterocycles. The van der Waals surface area contributed by atoms with Crippen LogP contribution in [-0.4, -0.2) is 35.2 Å². The monoisotopic (exact) mass is 381 g/mol. The fourth-order valence-corrected chi connectivity index (χ4v) is 4.25. The highest BCUT2D eigenvalue weighted by molar-refractivity contribution is 6.11. The Kier molecular flexibility index (Phi) is 4.59. The van der Waals surface area contributed by atoms with Crippen molar-refractivity contribution in [1.82, 2.24) is 0 Å². The van der Waals surface area contributed by atoms with E-state index in [2.05, 4.69) is 0 Å². The van der Waals surface area contributed by atoms with E-state index in [0.29, 0.717) is 11.3 Å². The number of para-hydroxylation sites is 1. The van der Waals surface area contributed by atoms with Crippen molar-refractivity contribution >= 4 is 17.6 Å². The molecule has 1 amide bonds. The SMILES string of the molecule is CCOC(=O)CN1C(=O)[C@@](O)(c2cc3c(cc2O)CCCC3)c2ccccc21. The lowest BCUT2D eigenvalue weighted by molar-refractivity contribution is -0.143. The topological polar surface area (TPSA) is 87.1 Å². The molecule has 4 rings (SSSR count). The van der Waals surface area contributed by atoms with Crippen molar-refractivity contribution < 1.29 is 24.5 Å². The number of rotatable bonds is 4. The van der Waals surface area contributed by atoms with Crippen molar-refractivity contribution in [1.29, 1.82) is 0 Å². The van der Waals surface area contributed by atoms with Crippen LogP contribution in [0.25, 0.3) is 0 Å². The van der Waals surface area contributed by atoms with Crippen LogP contribution < -0.4 is 4.90 Å². The van der Waals surface area contributed by atoms with Crippen LogP contribution in [0.5, 0.6) is 5.75 Å². The van der Waals surface area contributed by atoms with Crippen LogP contribution in [0.1, 0.15) is 42.0 Å². The molecule has 1 aliphatic carbocycles. The number of ether oxygens (including phenoxy) is 1. The molecule has 1 aliphatic heterocycles. The van der Waals surface area contributed by atoms with Crippen LogP contribution in [0.2, 0.25) is 0 Å². The van der Waals surface area contributed by atoms with E-state index >= 15 is 0 Å². The maximum absolute atomic E-state index is 13.3. The average molecular weight is 381 g/mol. The molecule has 146 valence electrons. The predicted octanol–water partition coefficient (Wildman–Crippen LogP) is 2.42. The minimum atomic E-state index is -2.04. The van der Waals surface area contributed by atoms with E-state index in [-0.39, 0.29) is 24.5 Å². The van der Waals surface area contributed by atoms with Gasteiger partial charge >= 0.3 is 5.97 Å². The van der Waals surface area contributed by atoms with Crippen LogP contribution in [0.15, 0.2) is 36.4 Å². The molecule has 6 heteroatoms. The Balaban J connectivity index is 1.83. The van der Waals surface area contributed by atoms with Gasteiger partial charge in [0.05, 0.1) is 12.3 Å². The van der Waals surface area contributed by atoms with Gasteiger partial charge in [0.25, 0.3) is 5.91 Å². The van der Waals surface area contributed by atoms with E-state index in [9.17, 15) is 19.8 Å². The van der Waals surface area contributed by atoms with Crippen LogP contribution in [0, 0.1) is 0 Å². The summed E-state index contributed by atoms with van der Waals surface area (Å²) in [5, 5.41) is 22.2. The Labute approximate surface area is 163 Å². The molecule has 1 atom stereocenters. The molecule has 0 fully saturated rings. The highest BCUT2D eigenvalue weighted by Crippen LogP contribution is 2.47. The van der Waals surface area contributed by atoms with Gasteiger partial charge in [0.1, 0.15) is 12.3 Å². The van der Waals surface area contributed by atoms with E-state index in [1.165, 1.54) is 4.90 Å². The Morgan fingerprint density at radius 3 is 2.54 bits per heavy atom. The zero-order valence-corrected chi connectivity index (χ0v) is 15.8. The molecule has 2 aliphatic rings. The molecule has 6 nitrogen and oxygen atoms in total. The number of carbonyl (C=O) groups excluding carboxylic acids is 2. The molecule has 2 aromatic carbocycles. The Morgan fingerprint density at radius 1 is 1.14 bits per heavy atom. The average Bonchev–Trinajstić information content (AvgIpc) is 2.90. The number of amides is 1. The molecule has 0 saturated carbocycles. The Morgan fingerprint density at radius 2 is 1.82 bits per heavy atom. The van der Waals surface area contributed by atoms with E-state index in [1.54, 1.807) is 43.3 Å². The molecule has 0 bridgehead atoms. The van der Waals surface area contributed by atoms with Gasteiger partial charge in [-0.1, -0.05) is 18.2 Å². The molecule has 1 heterocycles. The van der Waals surface area contributed by atoms with Crippen LogP contribution in [0.3, 0.4) is 0 Å². The summed E-state index contributed by atoms with van der Waals surface area (Å²) in [5.41, 5.74) is 1.02. The van der Waals surface area contributed by atoms with E-state index in [1.807, 2.05) is 0 Å². The predicted molar refractivity (Wildman–Crippen MR) is 103 cm³/mol. The number of nitrogens with zero attached hydrogens (tertiary/aromatic N) is 1. The first-order chi connectivity index (χ1) is 13.5. The van der Waals surface area contributed by atoms with E-state index in [4.69, 9.17) is 4.74 Å². The van der Waals surface area contributed by atoms with Crippen LogP contribution in [-0.2, 0) is 32.8 Å². The van der Waals surface area contributed by atoms with Crippen molar-refractivity contribution in [2.24, 2.45) is 0 Å². The number of carbonyl (C=O) groups is 2. The largest absolute Gasteiger partial charge is 0.508 e. The number of anilines is 1. The second-order valence-electron chi connectivity index (χ2n) is 7.27. The second kappa shape index (κ2) is 6.95. The molecule has 0 saturated heterocycles. The summed E-state index contributed by atoms with van der Waals surface area (Å²) in [4.78, 5) is 26.5. The maximum Gasteiger partial charge on any atom is 0.326 e. The van der Waals surface area contributed by atoms with Gasteiger partial charge in [0.15, 0.2) is 5.60 Å². The molecule has 2 aromatic rings. The smallest absolute Gasteiger partial charge is 0.326 e. The quantitative estimate of drug-likeness (QED) is 0.795. The molecule has 2 N–H and O–H groups in total. The first-order valence-corrected chi connectivity index (χ1v) is 9.61. The summed E-state index contributed by atoms with van der Waals surface area (Å²) in [5.74, 6) is -1.32. The normalized spacial score (nSPS) is 20.6. The lowest BCUT2D eigenvalue weighted by Gasteiger charge is -2.26. The number of aliphatic hydroxyl groups is 1. The number of esters is 1. The maximum atomic E-state index is 13.3. The third kappa shape index (κ3) is 2.76. The van der Waals surface area contributed by atoms with Gasteiger partial charge in [-0.2, -0.15) is 0 Å². The number of benzene rings is 2. The third-order valence-electron chi connectivity index (χ3n) is 5.58. The summed E-state index contributed by atoms with van der Waals surface area (Å²) < 4.78 is 4.98. The number of aryl methyl sites for hydroxylation is 2. The highest BCUT2D eigenvalue weighted by Gasteiger charge is 2.53. The zero-order chi connectivity index (χ0) is 19.9. The van der Waals surface area contributed by atoms with Crippen molar-refractivity contribution in [3.8, 4) is 5.75 Å². The molecule has 0 spiro atoms. The zero-order valence-electron chi connectivity index (χ0n) is 15.8. The van der Waals surface area contributed by atoms with E-state index < -0.39 is 17.5 Å². The first kappa shape index (κ1) is 18.5. The van der Waals surface area contributed by atoms with Gasteiger partial charge in [-0.15, -0.1) is 0 Å². The van der Waals surface area contributed by atoms with Gasteiger partial charge < -0.3 is 14.9 Å². The number of hydrogen-bond acceptors (Lipinski definition) is 5. The van der Waals surface area contributed by atoms with Gasteiger partial charge in [-0.05, 0) is 61.9 Å². The molecule has 28 heavy (non-hydrogen) atoms. The highest BCUT2D eigenvalue weighted by atomic mass is 16.5. The number of phenolic OH excluding ortho intramolecular Hbond substituents is 1. The summed E-state index contributed by atoms with van der Waals surface area (Å²) in [7, 11) is 0. The lowest BCUT2D eigenvalue weighted by Crippen LogP contribution is -2.43. The molecule has 0 unspecified atom stereocenters. The number of fused-ring (bicyclic) bond motifs is 2. The number of phenols is 1. The molecular formula is C22H23NO5. The Hall–Kier alpha value is -2.86. The van der Waals surface area contributed by atoms with Gasteiger partial charge in [-0.3, -0.25) is 14.5 Å². The minimum Gasteiger partial charge on any atom is -0.508 e. The fraction of sp³-hybridized carbons (Fsp3) is 0.364.